The second-order valence-corrected chi connectivity index (χ2v) is 9.21. The standard InChI is InChI=1S/C17H19FN2O3S2/c18-14-6-4-5-13(11-14)17(21)19-12-15-7-8-16(24-15)25(22,23)20-9-2-1-3-10-20/h4-8,11H,1-3,9-10,12H2,(H,19,21). The van der Waals surface area contributed by atoms with E-state index in [0.29, 0.717) is 17.3 Å². The van der Waals surface area contributed by atoms with Gasteiger partial charge < -0.3 is 5.32 Å². The molecule has 3 rings (SSSR count). The van der Waals surface area contributed by atoms with Gasteiger partial charge in [0.2, 0.25) is 0 Å². The number of sulfonamides is 1. The van der Waals surface area contributed by atoms with Crippen LogP contribution in [0.3, 0.4) is 0 Å². The maximum absolute atomic E-state index is 13.2. The van der Waals surface area contributed by atoms with Gasteiger partial charge in [0, 0.05) is 23.5 Å². The molecule has 8 heteroatoms. The maximum atomic E-state index is 13.2. The first kappa shape index (κ1) is 18.0. The van der Waals surface area contributed by atoms with Crippen molar-refractivity contribution in [3.8, 4) is 0 Å². The van der Waals surface area contributed by atoms with E-state index in [1.54, 1.807) is 12.1 Å². The monoisotopic (exact) mass is 382 g/mol. The molecule has 0 saturated carbocycles. The quantitative estimate of drug-likeness (QED) is 0.864. The number of carbonyl (C=O) groups is 1. The first-order chi connectivity index (χ1) is 12.0. The molecule has 0 spiro atoms. The van der Waals surface area contributed by atoms with Gasteiger partial charge in [0.1, 0.15) is 10.0 Å². The van der Waals surface area contributed by atoms with Crippen LogP contribution < -0.4 is 5.32 Å². The smallest absolute Gasteiger partial charge is 0.252 e. The highest BCUT2D eigenvalue weighted by Crippen LogP contribution is 2.27. The van der Waals surface area contributed by atoms with Gasteiger partial charge in [-0.2, -0.15) is 4.31 Å². The Kier molecular flexibility index (Phi) is 5.51. The molecule has 1 amide bonds. The van der Waals surface area contributed by atoms with E-state index in [0.717, 1.165) is 41.5 Å². The lowest BCUT2D eigenvalue weighted by Crippen LogP contribution is -2.35. The molecule has 0 unspecified atom stereocenters. The lowest BCUT2D eigenvalue weighted by molar-refractivity contribution is 0.0951. The minimum atomic E-state index is -3.45. The number of halogens is 1. The summed E-state index contributed by atoms with van der Waals surface area (Å²) in [5.41, 5.74) is 0.234. The Morgan fingerprint density at radius 2 is 1.92 bits per heavy atom. The van der Waals surface area contributed by atoms with Crippen LogP contribution in [0.15, 0.2) is 40.6 Å². The zero-order valence-corrected chi connectivity index (χ0v) is 15.2. The van der Waals surface area contributed by atoms with Crippen LogP contribution >= 0.6 is 11.3 Å². The third kappa shape index (κ3) is 4.26. The summed E-state index contributed by atoms with van der Waals surface area (Å²) in [4.78, 5) is 12.8. The van der Waals surface area contributed by atoms with Gasteiger partial charge >= 0.3 is 0 Å². The fourth-order valence-corrected chi connectivity index (χ4v) is 5.69. The van der Waals surface area contributed by atoms with Gasteiger partial charge in [-0.25, -0.2) is 12.8 Å². The largest absolute Gasteiger partial charge is 0.347 e. The number of amides is 1. The molecule has 1 aromatic carbocycles. The number of nitrogens with zero attached hydrogens (tertiary/aromatic N) is 1. The lowest BCUT2D eigenvalue weighted by Gasteiger charge is -2.25. The highest BCUT2D eigenvalue weighted by Gasteiger charge is 2.27. The van der Waals surface area contributed by atoms with Gasteiger partial charge in [-0.15, -0.1) is 11.3 Å². The topological polar surface area (TPSA) is 66.5 Å². The average molecular weight is 382 g/mol. The van der Waals surface area contributed by atoms with Crippen LogP contribution in [0.25, 0.3) is 0 Å². The Balaban J connectivity index is 1.64. The Hall–Kier alpha value is -1.77. The molecule has 2 heterocycles. The van der Waals surface area contributed by atoms with E-state index in [4.69, 9.17) is 0 Å². The Morgan fingerprint density at radius 3 is 2.64 bits per heavy atom. The van der Waals surface area contributed by atoms with E-state index >= 15 is 0 Å². The molecule has 25 heavy (non-hydrogen) atoms. The summed E-state index contributed by atoms with van der Waals surface area (Å²) in [6.07, 6.45) is 2.84. The van der Waals surface area contributed by atoms with E-state index in [-0.39, 0.29) is 12.1 Å². The van der Waals surface area contributed by atoms with Crippen molar-refractivity contribution in [3.05, 3.63) is 52.7 Å². The normalized spacial score (nSPS) is 15.9. The molecule has 5 nitrogen and oxygen atoms in total. The van der Waals surface area contributed by atoms with E-state index < -0.39 is 21.7 Å². The number of hydrogen-bond donors (Lipinski definition) is 1. The molecule has 0 bridgehead atoms. The Morgan fingerprint density at radius 1 is 1.16 bits per heavy atom. The molecule has 1 aliphatic heterocycles. The molecule has 1 fully saturated rings. The average Bonchev–Trinajstić information content (AvgIpc) is 3.10. The Bertz CT molecular complexity index is 858. The van der Waals surface area contributed by atoms with E-state index in [1.165, 1.54) is 22.5 Å². The molecular formula is C17H19FN2O3S2. The van der Waals surface area contributed by atoms with Gasteiger partial charge in [0.05, 0.1) is 6.54 Å². The van der Waals surface area contributed by atoms with Gasteiger partial charge in [-0.05, 0) is 43.2 Å². The number of benzene rings is 1. The number of hydrogen-bond acceptors (Lipinski definition) is 4. The summed E-state index contributed by atoms with van der Waals surface area (Å²) < 4.78 is 40.2. The van der Waals surface area contributed by atoms with Crippen molar-refractivity contribution in [2.24, 2.45) is 0 Å². The van der Waals surface area contributed by atoms with Crippen molar-refractivity contribution in [3.63, 3.8) is 0 Å². The lowest BCUT2D eigenvalue weighted by atomic mass is 10.2. The van der Waals surface area contributed by atoms with E-state index in [1.807, 2.05) is 0 Å². The van der Waals surface area contributed by atoms with Crippen LogP contribution in [0.2, 0.25) is 0 Å². The van der Waals surface area contributed by atoms with Crippen molar-refractivity contribution in [2.75, 3.05) is 13.1 Å². The van der Waals surface area contributed by atoms with E-state index in [2.05, 4.69) is 5.32 Å². The SMILES string of the molecule is O=C(NCc1ccc(S(=O)(=O)N2CCCCC2)s1)c1cccc(F)c1. The summed E-state index contributed by atoms with van der Waals surface area (Å²) in [6, 6.07) is 8.72. The highest BCUT2D eigenvalue weighted by atomic mass is 32.2. The van der Waals surface area contributed by atoms with Crippen LogP contribution in [0.5, 0.6) is 0 Å². The van der Waals surface area contributed by atoms with Gasteiger partial charge in [-0.3, -0.25) is 4.79 Å². The number of rotatable bonds is 5. The predicted molar refractivity (Wildman–Crippen MR) is 94.5 cm³/mol. The van der Waals surface area contributed by atoms with Gasteiger partial charge in [0.15, 0.2) is 0 Å². The first-order valence-electron chi connectivity index (χ1n) is 8.09. The fourth-order valence-electron chi connectivity index (χ4n) is 2.72. The molecule has 2 aromatic rings. The molecule has 0 radical (unpaired) electrons. The fraction of sp³-hybridized carbons (Fsp3) is 0.353. The number of thiophene rings is 1. The highest BCUT2D eigenvalue weighted by molar-refractivity contribution is 7.91. The molecule has 1 aromatic heterocycles. The second kappa shape index (κ2) is 7.63. The van der Waals surface area contributed by atoms with Crippen molar-refractivity contribution in [2.45, 2.75) is 30.0 Å². The van der Waals surface area contributed by atoms with Crippen molar-refractivity contribution in [1.29, 1.82) is 0 Å². The molecule has 0 aliphatic carbocycles. The number of nitrogens with one attached hydrogen (secondary N) is 1. The minimum absolute atomic E-state index is 0.204. The summed E-state index contributed by atoms with van der Waals surface area (Å²) in [5, 5.41) is 2.68. The summed E-state index contributed by atoms with van der Waals surface area (Å²) in [5.74, 6) is -0.868. The third-order valence-corrected chi connectivity index (χ3v) is 7.51. The zero-order valence-electron chi connectivity index (χ0n) is 13.6. The molecule has 0 atom stereocenters. The van der Waals surface area contributed by atoms with Gasteiger partial charge in [0.25, 0.3) is 15.9 Å². The molecule has 1 saturated heterocycles. The van der Waals surface area contributed by atoms with Crippen LogP contribution in [0.1, 0.15) is 34.5 Å². The van der Waals surface area contributed by atoms with Crippen LogP contribution in [0.4, 0.5) is 4.39 Å². The van der Waals surface area contributed by atoms with Gasteiger partial charge in [-0.1, -0.05) is 12.5 Å². The summed E-state index contributed by atoms with van der Waals surface area (Å²) in [6.45, 7) is 1.33. The summed E-state index contributed by atoms with van der Waals surface area (Å²) >= 11 is 1.16. The van der Waals surface area contributed by atoms with Crippen LogP contribution in [0, 0.1) is 5.82 Å². The number of carbonyl (C=O) groups excluding carboxylic acids is 1. The van der Waals surface area contributed by atoms with Crippen molar-refractivity contribution >= 4 is 27.3 Å². The van der Waals surface area contributed by atoms with Crippen LogP contribution in [-0.2, 0) is 16.6 Å². The Labute approximate surface area is 150 Å². The van der Waals surface area contributed by atoms with Crippen LogP contribution in [-0.4, -0.2) is 31.7 Å². The van der Waals surface area contributed by atoms with Crippen molar-refractivity contribution in [1.82, 2.24) is 9.62 Å². The summed E-state index contributed by atoms with van der Waals surface area (Å²) in [7, 11) is -3.45. The third-order valence-electron chi connectivity index (χ3n) is 4.06. The molecule has 1 N–H and O–H groups in total. The molecular weight excluding hydrogens is 363 g/mol. The van der Waals surface area contributed by atoms with Crippen molar-refractivity contribution < 1.29 is 17.6 Å². The minimum Gasteiger partial charge on any atom is -0.347 e. The second-order valence-electron chi connectivity index (χ2n) is 5.88. The van der Waals surface area contributed by atoms with E-state index in [9.17, 15) is 17.6 Å². The zero-order chi connectivity index (χ0) is 17.9. The first-order valence-corrected chi connectivity index (χ1v) is 10.3. The molecule has 1 aliphatic rings. The maximum Gasteiger partial charge on any atom is 0.252 e. The predicted octanol–water partition coefficient (Wildman–Crippen LogP) is 2.99. The number of piperidine rings is 1. The molecule has 134 valence electrons.